The zero-order valence-electron chi connectivity index (χ0n) is 28.5. The van der Waals surface area contributed by atoms with Crippen LogP contribution in [0.2, 0.25) is 0 Å². The van der Waals surface area contributed by atoms with Gasteiger partial charge in [0, 0.05) is 906 Å². The molecule has 0 bridgehead atoms. The third kappa shape index (κ3) is 349. The van der Waals surface area contributed by atoms with Gasteiger partial charge in [0.15, 0.2) is 0 Å². The predicted molar refractivity (Wildman–Crippen MR) is 64.8 cm³/mol. The molecule has 0 aromatic heterocycles. The molecule has 0 aliphatic carbocycles. The molecule has 2 nitrogen and oxygen atoms in total. The largest absolute Gasteiger partial charge is 2.00 e. The number of hydrogen-bond donors (Lipinski definition) is 0. The molecule has 59 heavy (non-hydrogen) atoms. The zero-order chi connectivity index (χ0) is 11.9. The first kappa shape index (κ1) is 353. The Morgan fingerprint density at radius 3 is 0.492 bits per heavy atom. The van der Waals surface area contributed by atoms with Crippen molar-refractivity contribution in [3.63, 3.8) is 0 Å². The normalized spacial score (nSPS) is 4.56. The van der Waals surface area contributed by atoms with Gasteiger partial charge in [-0.2, -0.15) is 0 Å². The second-order valence-electron chi connectivity index (χ2n) is 5.04. The van der Waals surface area contributed by atoms with E-state index >= 15 is 0 Å². The Balaban J connectivity index is -0.000000000885. The monoisotopic (exact) mass is 8470 g/mol. The van der Waals surface area contributed by atoms with Gasteiger partial charge in [-0.3, -0.25) is 0 Å². The fourth-order valence-electron chi connectivity index (χ4n) is 1.43. The van der Waals surface area contributed by atoms with Crippen molar-refractivity contribution >= 4 is 4.02 Å². The summed E-state index contributed by atoms with van der Waals surface area (Å²) in [5.74, 6) is 0. The Hall–Kier alpha value is 30.8. The van der Waals surface area contributed by atoms with Crippen molar-refractivity contribution in [3.05, 3.63) is 12.2 Å². The molecule has 47 heteroatoms. The van der Waals surface area contributed by atoms with Crippen molar-refractivity contribution in [1.82, 2.24) is 4.90 Å². The number of likely N-dealkylation sites (tertiary alicyclic amines) is 1. The molecule has 1 saturated heterocycles. The van der Waals surface area contributed by atoms with Gasteiger partial charge in [0.25, 0.3) is 0 Å². The first-order valence-corrected chi connectivity index (χ1v) is 7.05. The molecular weight excluding hydrogens is 8440 g/mol. The first-order valence-electron chi connectivity index (χ1n) is 5.58. The van der Waals surface area contributed by atoms with Crippen molar-refractivity contribution in [1.29, 1.82) is 0 Å². The van der Waals surface area contributed by atoms with Gasteiger partial charge >= 0.3 is 83.0 Å². The topological polar surface area (TPSA) is 17.3 Å². The second kappa shape index (κ2) is 288. The minimum atomic E-state index is 0. The molecule has 1 heterocycles. The van der Waals surface area contributed by atoms with Crippen LogP contribution in [0.3, 0.4) is 0 Å². The SMILES string of the molecule is CN1CCCCC1.[CH2-][C](=[W])[N-]C(C)(C)C.[W+2].[W].[W].[W].[W].[W].[W].[W].[W].[W].[W].[W].[W].[W].[W].[W].[W].[W].[W].[W].[W].[W].[W].[W].[W].[W].[W].[W].[W].[W].[W].[W].[W].[W].[W].[W].[W].[W].[W].[W].[W].[W].[W].[W]. The number of hydrogen-bond acceptors (Lipinski definition) is 1. The number of piperidine rings is 1. The average molecular weight is 8470 g/mol. The summed E-state index contributed by atoms with van der Waals surface area (Å²) in [5.41, 5.74) is 0.0683. The molecule has 0 amide bonds. The smallest absolute Gasteiger partial charge is 0 e. The van der Waals surface area contributed by atoms with Gasteiger partial charge in [0.2, 0.25) is 0 Å². The van der Waals surface area contributed by atoms with Gasteiger partial charge in [-0.05, 0) is 33.0 Å². The molecule has 1 rings (SSSR count). The fourth-order valence-corrected chi connectivity index (χ4v) is 2.41. The third-order valence-electron chi connectivity index (χ3n) is 2.04. The quantitative estimate of drug-likeness (QED) is 0.370. The standard InChI is InChI=1S/C6H13N.C6H11N.45W/c1-7-5-3-2-4-6-7;1-5-7-6(2,3)4;;;;;;;;;;;;;;;;;;;;;;;;;;;;;;;;;;;;;;;;;;;;;/h2-6H2,1H3;1H2,2-4H3;;;;;;;;;;;;;;;;;;;;;;;;;;;;;;;;;;;;;;;;;;;;;/q;-2;;;;;;;;;;;;;;;;;;;;;;;;;;;;;;;;;;;;;;;;;;;;;+2. The molecule has 0 spiro atoms. The molecule has 0 saturated carbocycles. The molecule has 0 N–H and O–H groups in total. The van der Waals surface area contributed by atoms with E-state index in [9.17, 15) is 0 Å². The van der Waals surface area contributed by atoms with Crippen LogP contribution in [0.15, 0.2) is 0 Å². The van der Waals surface area contributed by atoms with Crippen molar-refractivity contribution in [2.24, 2.45) is 0 Å². The molecular formula is C12H24N2W45. The van der Waals surface area contributed by atoms with Crippen LogP contribution in [-0.4, -0.2) is 34.6 Å². The summed E-state index contributed by atoms with van der Waals surface area (Å²) in [6.45, 7) is 12.6. The summed E-state index contributed by atoms with van der Waals surface area (Å²) in [5, 5.41) is 4.25. The maximum Gasteiger partial charge on any atom is 2.00 e. The van der Waals surface area contributed by atoms with E-state index in [1.807, 2.05) is 0 Å². The zero-order valence-corrected chi connectivity index (χ0v) is 161. The summed E-state index contributed by atoms with van der Waals surface area (Å²) in [6.07, 6.45) is 4.28. The third-order valence-corrected chi connectivity index (χ3v) is 2.37. The van der Waals surface area contributed by atoms with E-state index in [2.05, 4.69) is 45.0 Å². The summed E-state index contributed by atoms with van der Waals surface area (Å²) in [6, 6.07) is 0. The summed E-state index contributed by atoms with van der Waals surface area (Å²) < 4.78 is 0.984. The molecule has 0 aromatic carbocycles. The fraction of sp³-hybridized carbons (Fsp3) is 0.833. The van der Waals surface area contributed by atoms with E-state index in [4.69, 9.17) is 0 Å². The van der Waals surface area contributed by atoms with Crippen molar-refractivity contribution in [3.8, 4) is 0 Å². The van der Waals surface area contributed by atoms with E-state index in [1.165, 1.54) is 51.7 Å². The van der Waals surface area contributed by atoms with E-state index in [-0.39, 0.29) is 932 Å². The number of nitrogens with zero attached hydrogens (tertiary/aromatic N) is 2. The van der Waals surface area contributed by atoms with Crippen LogP contribution in [0, 0.1) is 6.92 Å². The van der Waals surface area contributed by atoms with Gasteiger partial charge in [0.1, 0.15) is 0 Å². The van der Waals surface area contributed by atoms with Gasteiger partial charge in [-0.15, -0.1) is 0 Å². The molecule has 0 aromatic rings. The Kier molecular flexibility index (Phi) is 1720. The summed E-state index contributed by atoms with van der Waals surface area (Å²) in [4.78, 5) is 2.39. The molecule has 1 aliphatic rings. The van der Waals surface area contributed by atoms with Crippen LogP contribution in [0.1, 0.15) is 40.0 Å². The molecule has 0 unspecified atom stereocenters. The molecule has 0 radical (unpaired) electrons. The first-order chi connectivity index (χ1) is 6.81. The molecule has 1 fully saturated rings. The Morgan fingerprint density at radius 2 is 0.458 bits per heavy atom. The molecule has 0 atom stereocenters. The predicted octanol–water partition coefficient (Wildman–Crippen LogP) is 2.66. The summed E-state index contributed by atoms with van der Waals surface area (Å²) >= 11 is 1.36. The molecule has 352 valence electrons. The Labute approximate surface area is 1000 Å². The van der Waals surface area contributed by atoms with Crippen molar-refractivity contribution in [2.75, 3.05) is 20.1 Å². The van der Waals surface area contributed by atoms with Gasteiger partial charge in [-0.1, -0.05) is 6.42 Å². The van der Waals surface area contributed by atoms with Crippen LogP contribution in [-0.2, 0) is 946 Å². The van der Waals surface area contributed by atoms with E-state index in [1.54, 1.807) is 0 Å². The van der Waals surface area contributed by atoms with Gasteiger partial charge < -0.3 is 4.90 Å². The summed E-state index contributed by atoms with van der Waals surface area (Å²) in [7, 11) is 2.19. The maximum absolute atomic E-state index is 4.25. The minimum absolute atomic E-state index is 0. The maximum atomic E-state index is 4.25. The van der Waals surface area contributed by atoms with Crippen LogP contribution >= 0.6 is 0 Å². The Morgan fingerprint density at radius 1 is 0.339 bits per heavy atom. The minimum Gasteiger partial charge on any atom is 0 e. The van der Waals surface area contributed by atoms with E-state index in [0.717, 1.165) is 4.02 Å². The van der Waals surface area contributed by atoms with Crippen molar-refractivity contribution in [2.45, 2.75) is 45.6 Å². The van der Waals surface area contributed by atoms with Crippen LogP contribution < -0.4 is 0 Å². The van der Waals surface area contributed by atoms with Crippen molar-refractivity contribution < 1.29 is 946 Å². The van der Waals surface area contributed by atoms with E-state index in [0.29, 0.717) is 0 Å². The van der Waals surface area contributed by atoms with Gasteiger partial charge in [0.05, 0.1) is 0 Å². The van der Waals surface area contributed by atoms with Crippen LogP contribution in [0.5, 0.6) is 0 Å². The van der Waals surface area contributed by atoms with Crippen LogP contribution in [0.4, 0.5) is 0 Å². The Bertz CT molecular complexity index is 220. The average Bonchev–Trinajstić information content (AvgIpc) is 2.01. The molecule has 1 aliphatic heterocycles. The van der Waals surface area contributed by atoms with E-state index < -0.39 is 0 Å². The second-order valence-corrected chi connectivity index (χ2v) is 6.73. The number of rotatable bonds is 1. The van der Waals surface area contributed by atoms with Gasteiger partial charge in [-0.25, -0.2) is 0 Å². The van der Waals surface area contributed by atoms with Crippen LogP contribution in [0.25, 0.3) is 5.32 Å².